The maximum atomic E-state index is 12.9. The summed E-state index contributed by atoms with van der Waals surface area (Å²) < 4.78 is 39.9. The molecule has 8 heteroatoms. The van der Waals surface area contributed by atoms with Crippen molar-refractivity contribution in [2.75, 3.05) is 18.9 Å². The third kappa shape index (κ3) is 3.96. The number of anilines is 1. The molecule has 3 aromatic carbocycles. The Balaban J connectivity index is 1.61. The number of rotatable bonds is 6. The van der Waals surface area contributed by atoms with Crippen molar-refractivity contribution < 1.29 is 17.9 Å². The van der Waals surface area contributed by atoms with Crippen LogP contribution in [0.15, 0.2) is 65.6 Å². The van der Waals surface area contributed by atoms with Crippen LogP contribution in [0, 0.1) is 6.92 Å². The van der Waals surface area contributed by atoms with E-state index in [2.05, 4.69) is 22.7 Å². The molecule has 0 fully saturated rings. The number of fused-ring (bicyclic) bond motifs is 1. The minimum absolute atomic E-state index is 0.00923. The van der Waals surface area contributed by atoms with E-state index in [1.807, 2.05) is 24.3 Å². The Hall–Kier alpha value is -3.10. The van der Waals surface area contributed by atoms with Gasteiger partial charge in [0.25, 0.3) is 10.0 Å². The van der Waals surface area contributed by atoms with E-state index in [4.69, 9.17) is 9.47 Å². The first-order valence-corrected chi connectivity index (χ1v) is 11.4. The molecule has 0 saturated heterocycles. The van der Waals surface area contributed by atoms with Gasteiger partial charge >= 0.3 is 0 Å². The molecule has 30 heavy (non-hydrogen) atoms. The zero-order valence-electron chi connectivity index (χ0n) is 16.7. The van der Waals surface area contributed by atoms with Crippen LogP contribution in [-0.2, 0) is 10.0 Å². The number of hydrogen-bond acceptors (Lipinski definition) is 6. The van der Waals surface area contributed by atoms with Gasteiger partial charge in [0, 0.05) is 17.3 Å². The molecule has 0 aliphatic rings. The molecule has 1 aromatic heterocycles. The lowest BCUT2D eigenvalue weighted by Crippen LogP contribution is -2.14. The Bertz CT molecular complexity index is 1310. The van der Waals surface area contributed by atoms with Crippen LogP contribution in [0.25, 0.3) is 20.8 Å². The highest BCUT2D eigenvalue weighted by atomic mass is 32.2. The molecule has 0 aliphatic heterocycles. The number of ether oxygens (including phenoxy) is 2. The van der Waals surface area contributed by atoms with Crippen LogP contribution in [0.4, 0.5) is 5.69 Å². The van der Waals surface area contributed by atoms with Gasteiger partial charge in [-0.05, 0) is 61.0 Å². The summed E-state index contributed by atoms with van der Waals surface area (Å²) in [7, 11) is -0.954. The number of sulfonamides is 1. The number of thiazole rings is 1. The summed E-state index contributed by atoms with van der Waals surface area (Å²) in [4.78, 5) is 4.68. The van der Waals surface area contributed by atoms with Gasteiger partial charge in [0.15, 0.2) is 0 Å². The molecule has 6 nitrogen and oxygen atoms in total. The molecule has 0 aliphatic carbocycles. The van der Waals surface area contributed by atoms with Crippen molar-refractivity contribution in [2.45, 2.75) is 11.8 Å². The van der Waals surface area contributed by atoms with Crippen molar-refractivity contribution in [1.82, 2.24) is 4.98 Å². The second-order valence-corrected chi connectivity index (χ2v) is 9.37. The molecule has 0 spiro atoms. The van der Waals surface area contributed by atoms with Crippen LogP contribution in [0.3, 0.4) is 0 Å². The van der Waals surface area contributed by atoms with Gasteiger partial charge in [0.05, 0.1) is 24.4 Å². The summed E-state index contributed by atoms with van der Waals surface area (Å²) in [5.41, 5.74) is 3.52. The van der Waals surface area contributed by atoms with Gasteiger partial charge in [-0.25, -0.2) is 13.4 Å². The summed E-state index contributed by atoms with van der Waals surface area (Å²) in [5.74, 6) is 0.669. The number of nitrogens with one attached hydrogen (secondary N) is 1. The molecular formula is C22H20N2O4S2. The number of aryl methyl sites for hydroxylation is 1. The molecule has 4 aromatic rings. The minimum Gasteiger partial charge on any atom is -0.497 e. The summed E-state index contributed by atoms with van der Waals surface area (Å²) >= 11 is 1.61. The summed E-state index contributed by atoms with van der Waals surface area (Å²) in [5, 5.41) is 0.888. The Morgan fingerprint density at radius 3 is 2.40 bits per heavy atom. The maximum Gasteiger partial charge on any atom is 0.265 e. The van der Waals surface area contributed by atoms with Crippen molar-refractivity contribution in [3.8, 4) is 22.1 Å². The molecule has 0 radical (unpaired) electrons. The van der Waals surface area contributed by atoms with E-state index in [0.717, 1.165) is 20.8 Å². The third-order valence-corrected chi connectivity index (χ3v) is 7.06. The lowest BCUT2D eigenvalue weighted by Gasteiger charge is -2.13. The van der Waals surface area contributed by atoms with Crippen LogP contribution in [0.1, 0.15) is 5.56 Å². The fourth-order valence-electron chi connectivity index (χ4n) is 3.04. The lowest BCUT2D eigenvalue weighted by molar-refractivity contribution is 0.392. The van der Waals surface area contributed by atoms with E-state index < -0.39 is 10.0 Å². The van der Waals surface area contributed by atoms with Crippen molar-refractivity contribution in [3.63, 3.8) is 0 Å². The Kier molecular flexibility index (Phi) is 5.36. The van der Waals surface area contributed by atoms with E-state index in [9.17, 15) is 8.42 Å². The smallest absolute Gasteiger partial charge is 0.265 e. The SMILES string of the molecule is COc1ccc(OC)c(S(=O)(=O)Nc2ccc(-c3nc4ccc(C)cc4s3)cc2)c1. The topological polar surface area (TPSA) is 77.5 Å². The molecule has 0 unspecified atom stereocenters. The average molecular weight is 441 g/mol. The molecule has 0 atom stereocenters. The van der Waals surface area contributed by atoms with E-state index in [0.29, 0.717) is 11.4 Å². The molecule has 4 rings (SSSR count). The van der Waals surface area contributed by atoms with Gasteiger partial charge in [0.2, 0.25) is 0 Å². The lowest BCUT2D eigenvalue weighted by atomic mass is 10.2. The van der Waals surface area contributed by atoms with Gasteiger partial charge < -0.3 is 9.47 Å². The standard InChI is InChI=1S/C22H20N2O4S2/c1-14-4-10-18-20(12-14)29-22(23-18)15-5-7-16(8-6-15)24-30(25,26)21-13-17(27-2)9-11-19(21)28-3/h4-13,24H,1-3H3. The van der Waals surface area contributed by atoms with Crippen LogP contribution >= 0.6 is 11.3 Å². The molecule has 0 saturated carbocycles. The van der Waals surface area contributed by atoms with Gasteiger partial charge in [-0.15, -0.1) is 11.3 Å². The highest BCUT2D eigenvalue weighted by Crippen LogP contribution is 2.33. The zero-order valence-corrected chi connectivity index (χ0v) is 18.3. The maximum absolute atomic E-state index is 12.9. The van der Waals surface area contributed by atoms with Crippen LogP contribution in [-0.4, -0.2) is 27.6 Å². The number of methoxy groups -OCH3 is 2. The van der Waals surface area contributed by atoms with Crippen molar-refractivity contribution in [1.29, 1.82) is 0 Å². The zero-order chi connectivity index (χ0) is 21.3. The molecule has 0 amide bonds. The van der Waals surface area contributed by atoms with Crippen molar-refractivity contribution >= 4 is 37.3 Å². The van der Waals surface area contributed by atoms with Gasteiger partial charge in [-0.3, -0.25) is 4.72 Å². The molecule has 1 heterocycles. The molecule has 1 N–H and O–H groups in total. The predicted molar refractivity (Wildman–Crippen MR) is 120 cm³/mol. The van der Waals surface area contributed by atoms with Crippen molar-refractivity contribution in [2.24, 2.45) is 0 Å². The van der Waals surface area contributed by atoms with Crippen LogP contribution in [0.5, 0.6) is 11.5 Å². The van der Waals surface area contributed by atoms with Crippen LogP contribution in [0.2, 0.25) is 0 Å². The van der Waals surface area contributed by atoms with E-state index in [1.165, 1.54) is 25.8 Å². The minimum atomic E-state index is -3.86. The van der Waals surface area contributed by atoms with Crippen LogP contribution < -0.4 is 14.2 Å². The summed E-state index contributed by atoms with van der Waals surface area (Å²) in [6.45, 7) is 2.05. The highest BCUT2D eigenvalue weighted by Gasteiger charge is 2.21. The quantitative estimate of drug-likeness (QED) is 0.452. The fraction of sp³-hybridized carbons (Fsp3) is 0.136. The number of nitrogens with zero attached hydrogens (tertiary/aromatic N) is 1. The van der Waals surface area contributed by atoms with Crippen molar-refractivity contribution in [3.05, 3.63) is 66.2 Å². The van der Waals surface area contributed by atoms with E-state index in [1.54, 1.807) is 35.6 Å². The summed E-state index contributed by atoms with van der Waals surface area (Å²) in [6, 6.07) is 17.9. The monoisotopic (exact) mass is 440 g/mol. The first-order chi connectivity index (χ1) is 14.4. The largest absolute Gasteiger partial charge is 0.497 e. The first-order valence-electron chi connectivity index (χ1n) is 9.12. The van der Waals surface area contributed by atoms with Gasteiger partial charge in [-0.2, -0.15) is 0 Å². The van der Waals surface area contributed by atoms with E-state index >= 15 is 0 Å². The Labute approximate surface area is 179 Å². The Morgan fingerprint density at radius 1 is 0.933 bits per heavy atom. The first kappa shape index (κ1) is 20.2. The molecular weight excluding hydrogens is 420 g/mol. The second-order valence-electron chi connectivity index (χ2n) is 6.69. The fourth-order valence-corrected chi connectivity index (χ4v) is 5.35. The third-order valence-electron chi connectivity index (χ3n) is 4.59. The molecule has 154 valence electrons. The average Bonchev–Trinajstić information content (AvgIpc) is 3.16. The van der Waals surface area contributed by atoms with Gasteiger partial charge in [0.1, 0.15) is 21.4 Å². The molecule has 0 bridgehead atoms. The number of benzene rings is 3. The summed E-state index contributed by atoms with van der Waals surface area (Å²) in [6.07, 6.45) is 0. The number of hydrogen-bond donors (Lipinski definition) is 1. The second kappa shape index (κ2) is 7.97. The van der Waals surface area contributed by atoms with E-state index in [-0.39, 0.29) is 10.6 Å². The Morgan fingerprint density at radius 2 is 1.70 bits per heavy atom. The number of aromatic nitrogens is 1. The predicted octanol–water partition coefficient (Wildman–Crippen LogP) is 5.09. The normalized spacial score (nSPS) is 11.4. The highest BCUT2D eigenvalue weighted by molar-refractivity contribution is 7.92. The van der Waals surface area contributed by atoms with Gasteiger partial charge in [-0.1, -0.05) is 6.07 Å².